The topological polar surface area (TPSA) is 59.1 Å². The van der Waals surface area contributed by atoms with Crippen LogP contribution in [0.3, 0.4) is 0 Å². The van der Waals surface area contributed by atoms with Crippen LogP contribution in [0.1, 0.15) is 36.0 Å². The van der Waals surface area contributed by atoms with Crippen LogP contribution < -0.4 is 9.47 Å². The highest BCUT2D eigenvalue weighted by atomic mass is 35.5. The summed E-state index contributed by atoms with van der Waals surface area (Å²) >= 11 is 5.84. The second-order valence-electron chi connectivity index (χ2n) is 9.06. The van der Waals surface area contributed by atoms with Gasteiger partial charge in [0.05, 0.1) is 19.8 Å². The third kappa shape index (κ3) is 3.26. The Kier molecular flexibility index (Phi) is 5.47. The van der Waals surface area contributed by atoms with Crippen LogP contribution in [0.15, 0.2) is 36.4 Å². The molecule has 34 heavy (non-hydrogen) atoms. The number of amides is 2. The van der Waals surface area contributed by atoms with E-state index in [1.807, 2.05) is 6.07 Å². The minimum atomic E-state index is -3.79. The Balaban J connectivity index is 1.61. The molecule has 1 spiro atoms. The number of nitrogens with zero attached hydrogens (tertiary/aromatic N) is 2. The molecule has 6 rings (SSSR count). The summed E-state index contributed by atoms with van der Waals surface area (Å²) in [7, 11) is 3.10. The Morgan fingerprint density at radius 3 is 2.59 bits per heavy atom. The first-order chi connectivity index (χ1) is 16.2. The lowest BCUT2D eigenvalue weighted by Crippen LogP contribution is -2.69. The molecular weight excluding hydrogens is 466 g/mol. The molecule has 9 heteroatoms. The highest BCUT2D eigenvalue weighted by molar-refractivity contribution is 6.30. The van der Waals surface area contributed by atoms with Gasteiger partial charge >= 0.3 is 5.92 Å². The smallest absolute Gasteiger partial charge is 0.349 e. The number of hydrogen-bond acceptors (Lipinski definition) is 4. The van der Waals surface area contributed by atoms with Gasteiger partial charge in [-0.1, -0.05) is 23.7 Å². The molecule has 3 saturated heterocycles. The van der Waals surface area contributed by atoms with Crippen molar-refractivity contribution in [1.82, 2.24) is 9.80 Å². The second kappa shape index (κ2) is 8.12. The molecule has 2 atom stereocenters. The van der Waals surface area contributed by atoms with Crippen molar-refractivity contribution < 1.29 is 27.8 Å². The molecule has 4 heterocycles. The maximum absolute atomic E-state index is 15.4. The van der Waals surface area contributed by atoms with E-state index in [2.05, 4.69) is 0 Å². The van der Waals surface area contributed by atoms with E-state index in [4.69, 9.17) is 21.1 Å². The zero-order valence-corrected chi connectivity index (χ0v) is 19.7. The van der Waals surface area contributed by atoms with Crippen LogP contribution in [-0.4, -0.2) is 55.0 Å². The van der Waals surface area contributed by atoms with Gasteiger partial charge in [-0.25, -0.2) is 0 Å². The van der Waals surface area contributed by atoms with Gasteiger partial charge in [0, 0.05) is 35.3 Å². The van der Waals surface area contributed by atoms with Gasteiger partial charge in [0.15, 0.2) is 0 Å². The van der Waals surface area contributed by atoms with Crippen molar-refractivity contribution in [3.05, 3.63) is 58.1 Å². The number of methoxy groups -OCH3 is 2. The van der Waals surface area contributed by atoms with Gasteiger partial charge in [-0.3, -0.25) is 9.59 Å². The van der Waals surface area contributed by atoms with Crippen LogP contribution in [0.5, 0.6) is 11.5 Å². The van der Waals surface area contributed by atoms with Gasteiger partial charge in [0.2, 0.25) is 5.91 Å². The largest absolute Gasteiger partial charge is 0.497 e. The first-order valence-corrected chi connectivity index (χ1v) is 11.6. The van der Waals surface area contributed by atoms with E-state index in [0.29, 0.717) is 48.7 Å². The Morgan fingerprint density at radius 2 is 1.91 bits per heavy atom. The first kappa shape index (κ1) is 22.9. The quantitative estimate of drug-likeness (QED) is 0.647. The maximum atomic E-state index is 15.4. The van der Waals surface area contributed by atoms with Crippen molar-refractivity contribution >= 4 is 23.4 Å². The fraction of sp³-hybridized carbons (Fsp3) is 0.440. The summed E-state index contributed by atoms with van der Waals surface area (Å²) in [5.41, 5.74) is 0.345. The van der Waals surface area contributed by atoms with Crippen LogP contribution in [0.4, 0.5) is 8.78 Å². The lowest BCUT2D eigenvalue weighted by atomic mass is 9.76. The zero-order chi connectivity index (χ0) is 24.3. The second-order valence-corrected chi connectivity index (χ2v) is 9.49. The number of alkyl halides is 2. The van der Waals surface area contributed by atoms with Crippen LogP contribution in [0.2, 0.25) is 5.02 Å². The van der Waals surface area contributed by atoms with E-state index in [1.54, 1.807) is 18.1 Å². The molecule has 0 radical (unpaired) electrons. The lowest BCUT2D eigenvalue weighted by Gasteiger charge is -2.54. The third-order valence-electron chi connectivity index (χ3n) is 7.36. The Bertz CT molecular complexity index is 1140. The van der Waals surface area contributed by atoms with Crippen molar-refractivity contribution in [2.45, 2.75) is 43.2 Å². The standard InChI is InChI=1S/C25H25ClF2N2O4/c1-33-18-12-15-9-11-30-22(31)19-4-3-10-24(30,21(15)20(13-18)34-2)14-29(19)23(32)25(27,28)16-5-7-17(26)8-6-16/h5-8,12-13,19H,3-4,9-11,14H2,1-2H3. The number of carbonyl (C=O) groups is 2. The third-order valence-corrected chi connectivity index (χ3v) is 7.62. The highest BCUT2D eigenvalue weighted by Crippen LogP contribution is 2.51. The molecule has 2 aromatic rings. The molecule has 3 fully saturated rings. The number of rotatable bonds is 4. The minimum Gasteiger partial charge on any atom is -0.497 e. The Hall–Kier alpha value is -2.87. The molecular formula is C25H25ClF2N2O4. The normalized spacial score (nSPS) is 23.8. The molecule has 0 N–H and O–H groups in total. The number of carbonyl (C=O) groups excluding carboxylic acids is 2. The van der Waals surface area contributed by atoms with Crippen LogP contribution in [0.25, 0.3) is 0 Å². The van der Waals surface area contributed by atoms with Gasteiger partial charge in [0.25, 0.3) is 5.91 Å². The van der Waals surface area contributed by atoms with E-state index in [9.17, 15) is 9.59 Å². The summed E-state index contributed by atoms with van der Waals surface area (Å²) in [6.45, 7) is 0.440. The lowest BCUT2D eigenvalue weighted by molar-refractivity contribution is -0.176. The number of piperazine rings is 1. The van der Waals surface area contributed by atoms with E-state index < -0.39 is 29.0 Å². The van der Waals surface area contributed by atoms with Crippen molar-refractivity contribution in [2.24, 2.45) is 0 Å². The molecule has 2 amide bonds. The number of ether oxygens (including phenoxy) is 2. The molecule has 4 aliphatic rings. The van der Waals surface area contributed by atoms with Crippen molar-refractivity contribution in [1.29, 1.82) is 0 Å². The minimum absolute atomic E-state index is 0.0128. The van der Waals surface area contributed by atoms with E-state index in [0.717, 1.165) is 28.2 Å². The van der Waals surface area contributed by atoms with Crippen LogP contribution in [0, 0.1) is 0 Å². The molecule has 180 valence electrons. The summed E-state index contributed by atoms with van der Waals surface area (Å²) in [5.74, 6) is -4.29. The molecule has 6 nitrogen and oxygen atoms in total. The van der Waals surface area contributed by atoms with Crippen LogP contribution in [-0.2, 0) is 27.5 Å². The summed E-state index contributed by atoms with van der Waals surface area (Å²) < 4.78 is 41.9. The summed E-state index contributed by atoms with van der Waals surface area (Å²) in [6, 6.07) is 7.68. The number of hydrogen-bond donors (Lipinski definition) is 0. The molecule has 0 aliphatic carbocycles. The first-order valence-electron chi connectivity index (χ1n) is 11.2. The highest BCUT2D eigenvalue weighted by Gasteiger charge is 2.59. The van der Waals surface area contributed by atoms with Gasteiger partial charge in [-0.2, -0.15) is 8.78 Å². The number of benzene rings is 2. The fourth-order valence-corrected chi connectivity index (χ4v) is 5.93. The number of halogens is 3. The van der Waals surface area contributed by atoms with E-state index >= 15 is 8.78 Å². The average molecular weight is 491 g/mol. The SMILES string of the molecule is COc1cc2c(c(OC)c1)C13CCCC(C(=O)N1CC2)N(C(=O)C(F)(F)c1ccc(Cl)cc1)C3. The molecule has 0 aromatic heterocycles. The van der Waals surface area contributed by atoms with Crippen molar-refractivity contribution in [2.75, 3.05) is 27.3 Å². The molecule has 2 bridgehead atoms. The van der Waals surface area contributed by atoms with Crippen molar-refractivity contribution in [3.63, 3.8) is 0 Å². The monoisotopic (exact) mass is 490 g/mol. The zero-order valence-electron chi connectivity index (χ0n) is 18.9. The average Bonchev–Trinajstić information content (AvgIpc) is 3.11. The van der Waals surface area contributed by atoms with Crippen LogP contribution >= 0.6 is 11.6 Å². The Morgan fingerprint density at radius 1 is 1.18 bits per heavy atom. The van der Waals surface area contributed by atoms with Gasteiger partial charge in [-0.05, 0) is 49.4 Å². The summed E-state index contributed by atoms with van der Waals surface area (Å²) in [4.78, 5) is 29.8. The fourth-order valence-electron chi connectivity index (χ4n) is 5.80. The summed E-state index contributed by atoms with van der Waals surface area (Å²) in [5, 5.41) is 0.298. The maximum Gasteiger partial charge on any atom is 0.349 e. The van der Waals surface area contributed by atoms with Gasteiger partial charge in [0.1, 0.15) is 17.5 Å². The molecule has 4 aliphatic heterocycles. The van der Waals surface area contributed by atoms with Gasteiger partial charge < -0.3 is 19.3 Å². The van der Waals surface area contributed by atoms with Crippen molar-refractivity contribution in [3.8, 4) is 11.5 Å². The molecule has 2 aromatic carbocycles. The number of fused-ring (bicyclic) bond motifs is 4. The van der Waals surface area contributed by atoms with E-state index in [-0.39, 0.29) is 12.5 Å². The Labute approximate surface area is 201 Å². The van der Waals surface area contributed by atoms with E-state index in [1.165, 1.54) is 19.2 Å². The molecule has 2 unspecified atom stereocenters. The molecule has 0 saturated carbocycles. The summed E-state index contributed by atoms with van der Waals surface area (Å²) in [6.07, 6.45) is 2.12. The predicted molar refractivity (Wildman–Crippen MR) is 121 cm³/mol. The predicted octanol–water partition coefficient (Wildman–Crippen LogP) is 4.12. The van der Waals surface area contributed by atoms with Gasteiger partial charge in [-0.15, -0.1) is 0 Å².